The molecule has 1 aliphatic rings. The van der Waals surface area contributed by atoms with Gasteiger partial charge < -0.3 is 15.6 Å². The molecular formula is C12H16N2O5S. The van der Waals surface area contributed by atoms with E-state index in [9.17, 15) is 13.2 Å². The van der Waals surface area contributed by atoms with Crippen LogP contribution in [0.2, 0.25) is 0 Å². The quantitative estimate of drug-likeness (QED) is 0.754. The molecule has 1 unspecified atom stereocenters. The average molecular weight is 300 g/mol. The fraction of sp³-hybridized carbons (Fsp3) is 0.417. The van der Waals surface area contributed by atoms with Crippen LogP contribution in [0.25, 0.3) is 0 Å². The summed E-state index contributed by atoms with van der Waals surface area (Å²) in [6.45, 7) is 0.350. The lowest BCUT2D eigenvalue weighted by molar-refractivity contribution is -0.0304. The summed E-state index contributed by atoms with van der Waals surface area (Å²) in [4.78, 5) is 11.0. The van der Waals surface area contributed by atoms with Crippen LogP contribution >= 0.6 is 0 Å². The number of hydrogen-bond donors (Lipinski definition) is 2. The molecule has 2 rings (SSSR count). The van der Waals surface area contributed by atoms with Crippen molar-refractivity contribution in [3.8, 4) is 0 Å². The van der Waals surface area contributed by atoms with Crippen LogP contribution in [0.4, 0.5) is 0 Å². The number of sulfonamides is 1. The third kappa shape index (κ3) is 2.98. The fourth-order valence-corrected chi connectivity index (χ4v) is 3.42. The molecule has 110 valence electrons. The Bertz CT molecular complexity index is 584. The SMILES string of the molecule is NC(=O)c1ccc(S(=O)(=O)N2CCOC(CO)C2)cc1. The highest BCUT2D eigenvalue weighted by atomic mass is 32.2. The first kappa shape index (κ1) is 14.9. The summed E-state index contributed by atoms with van der Waals surface area (Å²) < 4.78 is 31.3. The lowest BCUT2D eigenvalue weighted by Crippen LogP contribution is -2.46. The van der Waals surface area contributed by atoms with Crippen LogP contribution in [0, 0.1) is 0 Å². The molecule has 1 atom stereocenters. The van der Waals surface area contributed by atoms with Crippen molar-refractivity contribution in [2.24, 2.45) is 5.73 Å². The van der Waals surface area contributed by atoms with Crippen molar-refractivity contribution in [1.82, 2.24) is 4.31 Å². The second kappa shape index (κ2) is 5.88. The van der Waals surface area contributed by atoms with E-state index in [0.717, 1.165) is 0 Å². The summed E-state index contributed by atoms with van der Waals surface area (Å²) in [5.41, 5.74) is 5.36. The number of aliphatic hydroxyl groups excluding tert-OH is 1. The lowest BCUT2D eigenvalue weighted by atomic mass is 10.2. The molecular weight excluding hydrogens is 284 g/mol. The Balaban J connectivity index is 2.23. The van der Waals surface area contributed by atoms with Gasteiger partial charge in [-0.1, -0.05) is 0 Å². The fourth-order valence-electron chi connectivity index (χ4n) is 1.96. The number of hydrogen-bond acceptors (Lipinski definition) is 5. The van der Waals surface area contributed by atoms with E-state index in [4.69, 9.17) is 15.6 Å². The molecule has 8 heteroatoms. The van der Waals surface area contributed by atoms with E-state index in [1.807, 2.05) is 0 Å². The summed E-state index contributed by atoms with van der Waals surface area (Å²) >= 11 is 0. The molecule has 0 bridgehead atoms. The molecule has 1 aliphatic heterocycles. The third-order valence-corrected chi connectivity index (χ3v) is 4.96. The van der Waals surface area contributed by atoms with Gasteiger partial charge in [0.25, 0.3) is 0 Å². The normalized spacial score (nSPS) is 20.8. The maximum Gasteiger partial charge on any atom is 0.248 e. The predicted molar refractivity (Wildman–Crippen MR) is 70.5 cm³/mol. The number of carbonyl (C=O) groups excluding carboxylic acids is 1. The predicted octanol–water partition coefficient (Wildman–Crippen LogP) is -0.833. The van der Waals surface area contributed by atoms with Gasteiger partial charge in [-0.2, -0.15) is 4.31 Å². The largest absolute Gasteiger partial charge is 0.394 e. The van der Waals surface area contributed by atoms with Gasteiger partial charge in [-0.05, 0) is 24.3 Å². The van der Waals surface area contributed by atoms with E-state index in [-0.39, 0.29) is 36.8 Å². The highest BCUT2D eigenvalue weighted by Crippen LogP contribution is 2.19. The Morgan fingerprint density at radius 1 is 1.40 bits per heavy atom. The minimum Gasteiger partial charge on any atom is -0.394 e. The van der Waals surface area contributed by atoms with Crippen LogP contribution in [-0.4, -0.2) is 56.1 Å². The molecule has 0 radical (unpaired) electrons. The number of primary amides is 1. The Morgan fingerprint density at radius 3 is 2.60 bits per heavy atom. The van der Waals surface area contributed by atoms with Crippen molar-refractivity contribution >= 4 is 15.9 Å². The Kier molecular flexibility index (Phi) is 4.39. The number of benzene rings is 1. The summed E-state index contributed by atoms with van der Waals surface area (Å²) in [7, 11) is -3.66. The number of nitrogens with two attached hydrogens (primary N) is 1. The molecule has 0 saturated carbocycles. The zero-order valence-corrected chi connectivity index (χ0v) is 11.5. The van der Waals surface area contributed by atoms with Crippen LogP contribution in [0.5, 0.6) is 0 Å². The van der Waals surface area contributed by atoms with Gasteiger partial charge in [0, 0.05) is 18.7 Å². The van der Waals surface area contributed by atoms with Gasteiger partial charge in [-0.3, -0.25) is 4.79 Å². The molecule has 1 amide bonds. The van der Waals surface area contributed by atoms with Crippen LogP contribution < -0.4 is 5.73 Å². The van der Waals surface area contributed by atoms with Crippen molar-refractivity contribution in [2.75, 3.05) is 26.3 Å². The van der Waals surface area contributed by atoms with E-state index in [1.54, 1.807) is 0 Å². The van der Waals surface area contributed by atoms with Crippen LogP contribution in [0.15, 0.2) is 29.2 Å². The van der Waals surface area contributed by atoms with Crippen molar-refractivity contribution in [1.29, 1.82) is 0 Å². The zero-order valence-electron chi connectivity index (χ0n) is 10.7. The molecule has 0 aliphatic carbocycles. The van der Waals surface area contributed by atoms with E-state index in [0.29, 0.717) is 0 Å². The second-order valence-corrected chi connectivity index (χ2v) is 6.36. The van der Waals surface area contributed by atoms with Crippen LogP contribution in [0.3, 0.4) is 0 Å². The monoisotopic (exact) mass is 300 g/mol. The van der Waals surface area contributed by atoms with E-state index >= 15 is 0 Å². The van der Waals surface area contributed by atoms with E-state index < -0.39 is 22.0 Å². The number of nitrogens with zero attached hydrogens (tertiary/aromatic N) is 1. The summed E-state index contributed by atoms with van der Waals surface area (Å²) in [5, 5.41) is 9.04. The van der Waals surface area contributed by atoms with Gasteiger partial charge in [0.15, 0.2) is 0 Å². The number of rotatable bonds is 4. The van der Waals surface area contributed by atoms with Crippen LogP contribution in [-0.2, 0) is 14.8 Å². The molecule has 7 nitrogen and oxygen atoms in total. The molecule has 0 spiro atoms. The summed E-state index contributed by atoms with van der Waals surface area (Å²) in [6.07, 6.45) is -0.511. The van der Waals surface area contributed by atoms with Gasteiger partial charge in [0.1, 0.15) is 0 Å². The Morgan fingerprint density at radius 2 is 2.05 bits per heavy atom. The first-order valence-corrected chi connectivity index (χ1v) is 7.51. The second-order valence-electron chi connectivity index (χ2n) is 4.43. The van der Waals surface area contributed by atoms with E-state index in [1.165, 1.54) is 28.6 Å². The summed E-state index contributed by atoms with van der Waals surface area (Å²) in [6, 6.07) is 5.44. The number of amides is 1. The van der Waals surface area contributed by atoms with Gasteiger partial charge in [-0.15, -0.1) is 0 Å². The van der Waals surface area contributed by atoms with Crippen molar-refractivity contribution in [2.45, 2.75) is 11.0 Å². The van der Waals surface area contributed by atoms with Gasteiger partial charge in [0.2, 0.25) is 15.9 Å². The van der Waals surface area contributed by atoms with Crippen LogP contribution in [0.1, 0.15) is 10.4 Å². The summed E-state index contributed by atoms with van der Waals surface area (Å²) in [5.74, 6) is -0.610. The molecule has 1 fully saturated rings. The maximum absolute atomic E-state index is 12.4. The Hall–Kier alpha value is -1.48. The molecule has 0 aromatic heterocycles. The Labute approximate surface area is 117 Å². The molecule has 1 aromatic rings. The third-order valence-electron chi connectivity index (χ3n) is 3.08. The molecule has 1 aromatic carbocycles. The number of ether oxygens (including phenoxy) is 1. The van der Waals surface area contributed by atoms with E-state index in [2.05, 4.69) is 0 Å². The molecule has 1 heterocycles. The smallest absolute Gasteiger partial charge is 0.248 e. The zero-order chi connectivity index (χ0) is 14.8. The minimum atomic E-state index is -3.66. The maximum atomic E-state index is 12.4. The average Bonchev–Trinajstić information content (AvgIpc) is 2.47. The highest BCUT2D eigenvalue weighted by Gasteiger charge is 2.30. The standard InChI is InChI=1S/C12H16N2O5S/c13-12(16)9-1-3-11(4-2-9)20(17,18)14-5-6-19-10(7-14)8-15/h1-4,10,15H,5-8H2,(H2,13,16). The lowest BCUT2D eigenvalue weighted by Gasteiger charge is -2.31. The van der Waals surface area contributed by atoms with Gasteiger partial charge in [0.05, 0.1) is 24.2 Å². The van der Waals surface area contributed by atoms with Crippen molar-refractivity contribution in [3.05, 3.63) is 29.8 Å². The molecule has 3 N–H and O–H groups in total. The number of aliphatic hydroxyl groups is 1. The highest BCUT2D eigenvalue weighted by molar-refractivity contribution is 7.89. The number of carbonyl (C=O) groups is 1. The van der Waals surface area contributed by atoms with Gasteiger partial charge >= 0.3 is 0 Å². The van der Waals surface area contributed by atoms with Gasteiger partial charge in [-0.25, -0.2) is 8.42 Å². The topological polar surface area (TPSA) is 110 Å². The first-order chi connectivity index (χ1) is 9.45. The number of morpholine rings is 1. The first-order valence-electron chi connectivity index (χ1n) is 6.07. The molecule has 20 heavy (non-hydrogen) atoms. The minimum absolute atomic E-state index is 0.0843. The van der Waals surface area contributed by atoms with Crippen molar-refractivity contribution < 1.29 is 23.1 Å². The molecule has 1 saturated heterocycles. The van der Waals surface area contributed by atoms with Crippen molar-refractivity contribution in [3.63, 3.8) is 0 Å².